The SMILES string of the molecule is Cc1ccc2c(c1C)-n1cccc1C1(CCN(C(=O)CC(C)C)CC1)N2. The van der Waals surface area contributed by atoms with Crippen molar-refractivity contribution in [3.8, 4) is 5.69 Å². The highest BCUT2D eigenvalue weighted by atomic mass is 16.2. The van der Waals surface area contributed by atoms with Crippen molar-refractivity contribution in [3.63, 3.8) is 0 Å². The molecule has 0 atom stereocenters. The number of amides is 1. The van der Waals surface area contributed by atoms with Gasteiger partial charge in [-0.1, -0.05) is 19.9 Å². The number of nitrogens with zero attached hydrogens (tertiary/aromatic N) is 2. The Balaban J connectivity index is 1.64. The van der Waals surface area contributed by atoms with Crippen LogP contribution < -0.4 is 5.32 Å². The number of benzene rings is 1. The zero-order valence-corrected chi connectivity index (χ0v) is 16.3. The van der Waals surface area contributed by atoms with Gasteiger partial charge in [0.1, 0.15) is 0 Å². The number of carbonyl (C=O) groups is 1. The predicted molar refractivity (Wildman–Crippen MR) is 106 cm³/mol. The maximum atomic E-state index is 12.5. The predicted octanol–water partition coefficient (Wildman–Crippen LogP) is 4.38. The third-order valence-electron chi connectivity index (χ3n) is 6.11. The Morgan fingerprint density at radius 2 is 1.92 bits per heavy atom. The average Bonchev–Trinajstić information content (AvgIpc) is 3.09. The Bertz CT molecular complexity index is 841. The van der Waals surface area contributed by atoms with Crippen LogP contribution in [0.3, 0.4) is 0 Å². The molecule has 26 heavy (non-hydrogen) atoms. The van der Waals surface area contributed by atoms with E-state index in [0.29, 0.717) is 18.2 Å². The normalized spacial score (nSPS) is 17.8. The summed E-state index contributed by atoms with van der Waals surface area (Å²) in [6.07, 6.45) is 4.73. The summed E-state index contributed by atoms with van der Waals surface area (Å²) in [5, 5.41) is 3.86. The van der Waals surface area contributed by atoms with Crippen molar-refractivity contribution in [2.75, 3.05) is 18.4 Å². The molecule has 1 saturated heterocycles. The third-order valence-corrected chi connectivity index (χ3v) is 6.11. The number of nitrogens with one attached hydrogen (secondary N) is 1. The Hall–Kier alpha value is -2.23. The van der Waals surface area contributed by atoms with Gasteiger partial charge < -0.3 is 14.8 Å². The van der Waals surface area contributed by atoms with E-state index in [0.717, 1.165) is 25.9 Å². The number of rotatable bonds is 2. The fraction of sp³-hybridized carbons (Fsp3) is 0.500. The number of aromatic nitrogens is 1. The van der Waals surface area contributed by atoms with Crippen LogP contribution in [-0.4, -0.2) is 28.5 Å². The minimum Gasteiger partial charge on any atom is -0.372 e. The number of anilines is 1. The van der Waals surface area contributed by atoms with Crippen LogP contribution in [-0.2, 0) is 10.3 Å². The standard InChI is InChI=1S/C22H29N3O/c1-15(2)14-20(26)24-12-9-22(10-13-24)19-6-5-11-25(19)21-17(4)16(3)7-8-18(21)23-22/h5-8,11,15,23H,9-10,12-14H2,1-4H3. The van der Waals surface area contributed by atoms with Gasteiger partial charge in [-0.15, -0.1) is 0 Å². The summed E-state index contributed by atoms with van der Waals surface area (Å²) in [7, 11) is 0. The average molecular weight is 351 g/mol. The minimum atomic E-state index is -0.0766. The monoisotopic (exact) mass is 351 g/mol. The maximum absolute atomic E-state index is 12.5. The second-order valence-corrected chi connectivity index (χ2v) is 8.35. The van der Waals surface area contributed by atoms with Gasteiger partial charge in [0.05, 0.1) is 16.9 Å². The molecule has 4 nitrogen and oxygen atoms in total. The van der Waals surface area contributed by atoms with E-state index in [9.17, 15) is 4.79 Å². The first-order chi connectivity index (χ1) is 12.4. The smallest absolute Gasteiger partial charge is 0.222 e. The molecule has 3 heterocycles. The van der Waals surface area contributed by atoms with Crippen LogP contribution in [0, 0.1) is 19.8 Å². The Morgan fingerprint density at radius 1 is 1.19 bits per heavy atom. The summed E-state index contributed by atoms with van der Waals surface area (Å²) in [5.41, 5.74) is 6.37. The molecule has 2 aromatic rings. The van der Waals surface area contributed by atoms with E-state index < -0.39 is 0 Å². The van der Waals surface area contributed by atoms with E-state index in [1.54, 1.807) is 0 Å². The van der Waals surface area contributed by atoms with Crippen LogP contribution in [0.2, 0.25) is 0 Å². The first-order valence-corrected chi connectivity index (χ1v) is 9.76. The number of hydrogen-bond acceptors (Lipinski definition) is 2. The molecular formula is C22H29N3O. The zero-order valence-electron chi connectivity index (χ0n) is 16.3. The molecule has 0 unspecified atom stereocenters. The van der Waals surface area contributed by atoms with Gasteiger partial charge in [0.15, 0.2) is 0 Å². The highest BCUT2D eigenvalue weighted by Crippen LogP contribution is 2.44. The van der Waals surface area contributed by atoms with Crippen LogP contribution in [0.1, 0.15) is 49.9 Å². The lowest BCUT2D eigenvalue weighted by Gasteiger charge is -2.46. The highest BCUT2D eigenvalue weighted by molar-refractivity contribution is 5.77. The van der Waals surface area contributed by atoms with E-state index >= 15 is 0 Å². The topological polar surface area (TPSA) is 37.3 Å². The Morgan fingerprint density at radius 3 is 2.62 bits per heavy atom. The first kappa shape index (κ1) is 17.2. The Kier molecular flexibility index (Phi) is 4.09. The summed E-state index contributed by atoms with van der Waals surface area (Å²) >= 11 is 0. The van der Waals surface area contributed by atoms with Gasteiger partial charge in [-0.3, -0.25) is 4.79 Å². The van der Waals surface area contributed by atoms with Gasteiger partial charge in [0, 0.05) is 31.4 Å². The van der Waals surface area contributed by atoms with Gasteiger partial charge in [-0.05, 0) is 61.9 Å². The fourth-order valence-corrected chi connectivity index (χ4v) is 4.50. The van der Waals surface area contributed by atoms with Gasteiger partial charge in [-0.2, -0.15) is 0 Å². The van der Waals surface area contributed by atoms with Crippen molar-refractivity contribution in [1.82, 2.24) is 9.47 Å². The van der Waals surface area contributed by atoms with E-state index in [4.69, 9.17) is 0 Å². The summed E-state index contributed by atoms with van der Waals surface area (Å²) in [6, 6.07) is 8.79. The second kappa shape index (κ2) is 6.19. The Labute approximate surface area is 156 Å². The number of likely N-dealkylation sites (tertiary alicyclic amines) is 1. The number of fused-ring (bicyclic) bond motifs is 4. The van der Waals surface area contributed by atoms with Gasteiger partial charge in [0.25, 0.3) is 0 Å². The van der Waals surface area contributed by atoms with E-state index in [2.05, 4.69) is 72.9 Å². The molecule has 1 fully saturated rings. The molecule has 0 saturated carbocycles. The fourth-order valence-electron chi connectivity index (χ4n) is 4.50. The van der Waals surface area contributed by atoms with Crippen molar-refractivity contribution >= 4 is 11.6 Å². The van der Waals surface area contributed by atoms with Crippen LogP contribution in [0.25, 0.3) is 5.69 Å². The van der Waals surface area contributed by atoms with Gasteiger partial charge in [-0.25, -0.2) is 0 Å². The summed E-state index contributed by atoms with van der Waals surface area (Å²) in [6.45, 7) is 10.2. The maximum Gasteiger partial charge on any atom is 0.222 e. The molecule has 0 bridgehead atoms. The van der Waals surface area contributed by atoms with Crippen molar-refractivity contribution in [2.45, 2.75) is 52.5 Å². The van der Waals surface area contributed by atoms with Crippen LogP contribution in [0.15, 0.2) is 30.5 Å². The summed E-state index contributed by atoms with van der Waals surface area (Å²) in [5.74, 6) is 0.717. The molecule has 1 N–H and O–H groups in total. The molecule has 1 amide bonds. The van der Waals surface area contributed by atoms with Crippen molar-refractivity contribution in [3.05, 3.63) is 47.3 Å². The lowest BCUT2D eigenvalue weighted by atomic mass is 9.81. The number of piperidine rings is 1. The largest absolute Gasteiger partial charge is 0.372 e. The molecule has 4 rings (SSSR count). The van der Waals surface area contributed by atoms with Gasteiger partial charge in [0.2, 0.25) is 5.91 Å². The molecular weight excluding hydrogens is 322 g/mol. The molecule has 1 aromatic carbocycles. The third kappa shape index (κ3) is 2.63. The second-order valence-electron chi connectivity index (χ2n) is 8.35. The van der Waals surface area contributed by atoms with E-state index in [1.165, 1.54) is 28.2 Å². The quantitative estimate of drug-likeness (QED) is 0.871. The highest BCUT2D eigenvalue weighted by Gasteiger charge is 2.42. The molecule has 1 spiro atoms. The van der Waals surface area contributed by atoms with Crippen molar-refractivity contribution < 1.29 is 4.79 Å². The number of hydrogen-bond donors (Lipinski definition) is 1. The molecule has 0 aliphatic carbocycles. The molecule has 2 aliphatic heterocycles. The summed E-state index contributed by atoms with van der Waals surface area (Å²) in [4.78, 5) is 14.5. The minimum absolute atomic E-state index is 0.0766. The molecule has 138 valence electrons. The molecule has 2 aliphatic rings. The van der Waals surface area contributed by atoms with E-state index in [-0.39, 0.29) is 5.54 Å². The lowest BCUT2D eigenvalue weighted by molar-refractivity contribution is -0.133. The number of carbonyl (C=O) groups excluding carboxylic acids is 1. The molecule has 0 radical (unpaired) electrons. The van der Waals surface area contributed by atoms with Gasteiger partial charge >= 0.3 is 0 Å². The van der Waals surface area contributed by atoms with Crippen LogP contribution >= 0.6 is 0 Å². The van der Waals surface area contributed by atoms with E-state index in [1.807, 2.05) is 0 Å². The van der Waals surface area contributed by atoms with Crippen molar-refractivity contribution in [1.29, 1.82) is 0 Å². The molecule has 4 heteroatoms. The molecule has 1 aromatic heterocycles. The van der Waals surface area contributed by atoms with Crippen LogP contribution in [0.4, 0.5) is 5.69 Å². The van der Waals surface area contributed by atoms with Crippen LogP contribution in [0.5, 0.6) is 0 Å². The number of aryl methyl sites for hydroxylation is 1. The lowest BCUT2D eigenvalue weighted by Crippen LogP contribution is -2.51. The first-order valence-electron chi connectivity index (χ1n) is 9.76. The van der Waals surface area contributed by atoms with Crippen molar-refractivity contribution in [2.24, 2.45) is 5.92 Å². The summed E-state index contributed by atoms with van der Waals surface area (Å²) < 4.78 is 2.36. The zero-order chi connectivity index (χ0) is 18.5.